The van der Waals surface area contributed by atoms with E-state index < -0.39 is 0 Å². The SMILES string of the molecule is CC(C)OCC(=O)N=C=S. The standard InChI is InChI=1S/C6H9NO2S/c1-5(2)9-3-6(8)7-4-10/h5H,3H2,1-2H3. The van der Waals surface area contributed by atoms with E-state index in [9.17, 15) is 4.79 Å². The van der Waals surface area contributed by atoms with Crippen molar-refractivity contribution in [2.24, 2.45) is 4.99 Å². The Balaban J connectivity index is 3.50. The smallest absolute Gasteiger partial charge is 0.280 e. The van der Waals surface area contributed by atoms with Gasteiger partial charge in [0.05, 0.1) is 11.3 Å². The van der Waals surface area contributed by atoms with Gasteiger partial charge in [0.15, 0.2) is 0 Å². The Morgan fingerprint density at radius 2 is 2.40 bits per heavy atom. The Morgan fingerprint density at radius 1 is 1.80 bits per heavy atom. The highest BCUT2D eigenvalue weighted by molar-refractivity contribution is 7.78. The minimum atomic E-state index is -0.385. The van der Waals surface area contributed by atoms with Crippen LogP contribution in [0.5, 0.6) is 0 Å². The molecule has 4 heteroatoms. The fourth-order valence-electron chi connectivity index (χ4n) is 0.321. The second kappa shape index (κ2) is 5.23. The molecule has 56 valence electrons. The van der Waals surface area contributed by atoms with Crippen LogP contribution in [0.25, 0.3) is 0 Å². The van der Waals surface area contributed by atoms with Crippen molar-refractivity contribution in [3.05, 3.63) is 0 Å². The highest BCUT2D eigenvalue weighted by Gasteiger charge is 1.99. The second-order valence-electron chi connectivity index (χ2n) is 1.96. The summed E-state index contributed by atoms with van der Waals surface area (Å²) in [7, 11) is 0. The lowest BCUT2D eigenvalue weighted by atomic mass is 10.5. The van der Waals surface area contributed by atoms with Gasteiger partial charge in [-0.1, -0.05) is 0 Å². The number of amides is 1. The number of carbonyl (C=O) groups excluding carboxylic acids is 1. The molecule has 0 fully saturated rings. The fraction of sp³-hybridized carbons (Fsp3) is 0.667. The molecule has 0 aromatic carbocycles. The van der Waals surface area contributed by atoms with Crippen LogP contribution in [0, 0.1) is 0 Å². The molecule has 0 unspecified atom stereocenters. The first-order valence-electron chi connectivity index (χ1n) is 2.89. The van der Waals surface area contributed by atoms with Crippen molar-refractivity contribution in [2.45, 2.75) is 20.0 Å². The minimum absolute atomic E-state index is 0.0126. The highest BCUT2D eigenvalue weighted by Crippen LogP contribution is 1.87. The average molecular weight is 159 g/mol. The normalized spacial score (nSPS) is 9.10. The molecule has 3 nitrogen and oxygen atoms in total. The number of hydrogen-bond acceptors (Lipinski definition) is 3. The summed E-state index contributed by atoms with van der Waals surface area (Å²) >= 11 is 4.22. The van der Waals surface area contributed by atoms with E-state index in [2.05, 4.69) is 17.2 Å². The van der Waals surface area contributed by atoms with Gasteiger partial charge in [0.1, 0.15) is 6.61 Å². The van der Waals surface area contributed by atoms with Gasteiger partial charge in [-0.2, -0.15) is 4.99 Å². The van der Waals surface area contributed by atoms with E-state index in [1.54, 1.807) is 0 Å². The Morgan fingerprint density at radius 3 is 2.80 bits per heavy atom. The molecule has 0 aliphatic heterocycles. The van der Waals surface area contributed by atoms with Crippen LogP contribution in [0.4, 0.5) is 0 Å². The first kappa shape index (κ1) is 9.43. The summed E-state index contributed by atoms with van der Waals surface area (Å²) in [5, 5.41) is 1.97. The maximum Gasteiger partial charge on any atom is 0.280 e. The van der Waals surface area contributed by atoms with Gasteiger partial charge >= 0.3 is 0 Å². The average Bonchev–Trinajstić information content (AvgIpc) is 1.85. The van der Waals surface area contributed by atoms with E-state index in [0.717, 1.165) is 0 Å². The van der Waals surface area contributed by atoms with E-state index >= 15 is 0 Å². The summed E-state index contributed by atoms with van der Waals surface area (Å²) in [5.41, 5.74) is 0. The number of isothiocyanates is 1. The molecule has 0 bridgehead atoms. The van der Waals surface area contributed by atoms with E-state index in [4.69, 9.17) is 4.74 Å². The van der Waals surface area contributed by atoms with Crippen LogP contribution < -0.4 is 0 Å². The largest absolute Gasteiger partial charge is 0.369 e. The summed E-state index contributed by atoms with van der Waals surface area (Å²) in [5.74, 6) is -0.385. The van der Waals surface area contributed by atoms with E-state index in [1.807, 2.05) is 19.0 Å². The summed E-state index contributed by atoms with van der Waals surface area (Å²) in [6.45, 7) is 3.67. The summed E-state index contributed by atoms with van der Waals surface area (Å²) in [6.07, 6.45) is 0.0456. The van der Waals surface area contributed by atoms with Crippen LogP contribution in [0.15, 0.2) is 4.99 Å². The number of carbonyl (C=O) groups is 1. The van der Waals surface area contributed by atoms with Gasteiger partial charge in [0.25, 0.3) is 5.91 Å². The van der Waals surface area contributed by atoms with Gasteiger partial charge in [0.2, 0.25) is 0 Å². The Labute approximate surface area is 65.1 Å². The van der Waals surface area contributed by atoms with E-state index in [-0.39, 0.29) is 18.6 Å². The molecular formula is C6H9NO2S. The monoisotopic (exact) mass is 159 g/mol. The van der Waals surface area contributed by atoms with Crippen molar-refractivity contribution in [3.8, 4) is 0 Å². The van der Waals surface area contributed by atoms with Crippen LogP contribution in [-0.4, -0.2) is 23.8 Å². The maximum atomic E-state index is 10.5. The lowest BCUT2D eigenvalue weighted by Crippen LogP contribution is -2.10. The molecule has 0 radical (unpaired) electrons. The van der Waals surface area contributed by atoms with E-state index in [0.29, 0.717) is 0 Å². The maximum absolute atomic E-state index is 10.5. The number of aliphatic imine (C=N–C) groups is 1. The lowest BCUT2D eigenvalue weighted by Gasteiger charge is -2.02. The van der Waals surface area contributed by atoms with Crippen molar-refractivity contribution in [1.82, 2.24) is 0 Å². The molecule has 0 atom stereocenters. The molecule has 0 rings (SSSR count). The van der Waals surface area contributed by atoms with Crippen molar-refractivity contribution in [2.75, 3.05) is 6.61 Å². The van der Waals surface area contributed by atoms with Gasteiger partial charge in [-0.05, 0) is 26.1 Å². The predicted molar refractivity (Wildman–Crippen MR) is 41.1 cm³/mol. The first-order valence-corrected chi connectivity index (χ1v) is 3.30. The van der Waals surface area contributed by atoms with Crippen LogP contribution in [0.3, 0.4) is 0 Å². The van der Waals surface area contributed by atoms with Gasteiger partial charge in [0, 0.05) is 0 Å². The Bertz CT molecular complexity index is 161. The van der Waals surface area contributed by atoms with Crippen LogP contribution in [0.2, 0.25) is 0 Å². The van der Waals surface area contributed by atoms with Gasteiger partial charge in [-0.15, -0.1) is 0 Å². The summed E-state index contributed by atoms with van der Waals surface area (Å²) in [6, 6.07) is 0. The minimum Gasteiger partial charge on any atom is -0.369 e. The number of nitrogens with zero attached hydrogens (tertiary/aromatic N) is 1. The number of thiocarbonyl (C=S) groups is 1. The molecule has 0 N–H and O–H groups in total. The Kier molecular flexibility index (Phi) is 4.94. The molecule has 0 heterocycles. The molecule has 0 saturated heterocycles. The molecular weight excluding hydrogens is 150 g/mol. The zero-order chi connectivity index (χ0) is 7.98. The lowest BCUT2D eigenvalue weighted by molar-refractivity contribution is -0.123. The molecule has 1 amide bonds. The third-order valence-corrected chi connectivity index (χ3v) is 0.802. The molecule has 10 heavy (non-hydrogen) atoms. The van der Waals surface area contributed by atoms with Crippen molar-refractivity contribution < 1.29 is 9.53 Å². The van der Waals surface area contributed by atoms with Crippen LogP contribution in [-0.2, 0) is 9.53 Å². The number of ether oxygens (including phenoxy) is 1. The number of rotatable bonds is 3. The molecule has 0 aliphatic rings. The van der Waals surface area contributed by atoms with Crippen molar-refractivity contribution in [3.63, 3.8) is 0 Å². The predicted octanol–water partition coefficient (Wildman–Crippen LogP) is 1.04. The molecule has 0 aliphatic carbocycles. The highest BCUT2D eigenvalue weighted by atomic mass is 32.1. The van der Waals surface area contributed by atoms with Crippen molar-refractivity contribution >= 4 is 23.3 Å². The van der Waals surface area contributed by atoms with Crippen LogP contribution in [0.1, 0.15) is 13.8 Å². The molecule has 0 saturated carbocycles. The second-order valence-corrected chi connectivity index (χ2v) is 2.14. The molecule has 0 spiro atoms. The van der Waals surface area contributed by atoms with Gasteiger partial charge < -0.3 is 4.74 Å². The molecule has 0 aromatic heterocycles. The Hall–Kier alpha value is -0.570. The first-order chi connectivity index (χ1) is 4.66. The topological polar surface area (TPSA) is 38.7 Å². The quantitative estimate of drug-likeness (QED) is 0.456. The zero-order valence-electron chi connectivity index (χ0n) is 5.96. The van der Waals surface area contributed by atoms with Crippen LogP contribution >= 0.6 is 12.2 Å². The van der Waals surface area contributed by atoms with E-state index in [1.165, 1.54) is 0 Å². The number of hydrogen-bond donors (Lipinski definition) is 0. The third-order valence-electron chi connectivity index (χ3n) is 0.710. The summed E-state index contributed by atoms with van der Waals surface area (Å²) < 4.78 is 4.93. The fourth-order valence-corrected chi connectivity index (χ4v) is 0.423. The summed E-state index contributed by atoms with van der Waals surface area (Å²) in [4.78, 5) is 13.7. The molecule has 0 aromatic rings. The third kappa shape index (κ3) is 5.56. The van der Waals surface area contributed by atoms with Gasteiger partial charge in [-0.3, -0.25) is 4.79 Å². The van der Waals surface area contributed by atoms with Crippen molar-refractivity contribution in [1.29, 1.82) is 0 Å². The zero-order valence-corrected chi connectivity index (χ0v) is 6.77. The van der Waals surface area contributed by atoms with Gasteiger partial charge in [-0.25, -0.2) is 0 Å².